The van der Waals surface area contributed by atoms with E-state index in [1.165, 1.54) is 0 Å². The molecular formula is C12H17N3O. The highest BCUT2D eigenvalue weighted by molar-refractivity contribution is 5.36. The highest BCUT2D eigenvalue weighted by Crippen LogP contribution is 2.12. The molecule has 0 atom stereocenters. The van der Waals surface area contributed by atoms with E-state index in [4.69, 9.17) is 10.00 Å². The van der Waals surface area contributed by atoms with Crippen LogP contribution >= 0.6 is 0 Å². The predicted molar refractivity (Wildman–Crippen MR) is 62.2 cm³/mol. The first-order chi connectivity index (χ1) is 7.81. The van der Waals surface area contributed by atoms with Gasteiger partial charge in [0, 0.05) is 12.7 Å². The molecule has 0 aromatic carbocycles. The fourth-order valence-corrected chi connectivity index (χ4v) is 1.40. The SMILES string of the molecule is CCN(CC)CCOc1ncccc1C#N. The van der Waals surface area contributed by atoms with Gasteiger partial charge in [0.25, 0.3) is 0 Å². The molecule has 0 bridgehead atoms. The lowest BCUT2D eigenvalue weighted by atomic mass is 10.3. The minimum atomic E-state index is 0.428. The van der Waals surface area contributed by atoms with Gasteiger partial charge in [-0.1, -0.05) is 13.8 Å². The average Bonchev–Trinajstić information content (AvgIpc) is 2.35. The van der Waals surface area contributed by atoms with Crippen LogP contribution in [-0.4, -0.2) is 36.1 Å². The largest absolute Gasteiger partial charge is 0.475 e. The second-order valence-corrected chi connectivity index (χ2v) is 3.34. The van der Waals surface area contributed by atoms with Crippen LogP contribution in [0.3, 0.4) is 0 Å². The van der Waals surface area contributed by atoms with Crippen molar-refractivity contribution in [2.24, 2.45) is 0 Å². The minimum Gasteiger partial charge on any atom is -0.475 e. The molecule has 0 amide bonds. The lowest BCUT2D eigenvalue weighted by Gasteiger charge is -2.17. The number of hydrogen-bond acceptors (Lipinski definition) is 4. The van der Waals surface area contributed by atoms with Gasteiger partial charge in [0.05, 0.1) is 0 Å². The van der Waals surface area contributed by atoms with Gasteiger partial charge in [-0.25, -0.2) is 4.98 Å². The number of rotatable bonds is 6. The predicted octanol–water partition coefficient (Wildman–Crippen LogP) is 1.67. The monoisotopic (exact) mass is 219 g/mol. The van der Waals surface area contributed by atoms with E-state index in [1.807, 2.05) is 0 Å². The van der Waals surface area contributed by atoms with Crippen molar-refractivity contribution in [2.75, 3.05) is 26.2 Å². The minimum absolute atomic E-state index is 0.428. The first-order valence-corrected chi connectivity index (χ1v) is 5.52. The van der Waals surface area contributed by atoms with Gasteiger partial charge in [0.2, 0.25) is 5.88 Å². The molecule has 86 valence electrons. The number of hydrogen-bond donors (Lipinski definition) is 0. The summed E-state index contributed by atoms with van der Waals surface area (Å²) in [5, 5.41) is 8.84. The highest BCUT2D eigenvalue weighted by atomic mass is 16.5. The Bertz CT molecular complexity index is 356. The molecule has 0 spiro atoms. The first-order valence-electron chi connectivity index (χ1n) is 5.52. The summed E-state index contributed by atoms with van der Waals surface area (Å²) in [6.45, 7) is 7.66. The number of nitrogens with zero attached hydrogens (tertiary/aromatic N) is 3. The van der Waals surface area contributed by atoms with E-state index in [-0.39, 0.29) is 0 Å². The second-order valence-electron chi connectivity index (χ2n) is 3.34. The summed E-state index contributed by atoms with van der Waals surface area (Å²) < 4.78 is 5.49. The van der Waals surface area contributed by atoms with Crippen LogP contribution in [0.25, 0.3) is 0 Å². The molecule has 1 aromatic heterocycles. The van der Waals surface area contributed by atoms with Crippen molar-refractivity contribution in [3.05, 3.63) is 23.9 Å². The zero-order valence-corrected chi connectivity index (χ0v) is 9.81. The van der Waals surface area contributed by atoms with Crippen LogP contribution < -0.4 is 4.74 Å². The van der Waals surface area contributed by atoms with E-state index >= 15 is 0 Å². The molecule has 0 N–H and O–H groups in total. The number of pyridine rings is 1. The van der Waals surface area contributed by atoms with Gasteiger partial charge >= 0.3 is 0 Å². The Kier molecular flexibility index (Phi) is 5.30. The number of aromatic nitrogens is 1. The zero-order valence-electron chi connectivity index (χ0n) is 9.81. The van der Waals surface area contributed by atoms with Crippen molar-refractivity contribution in [1.29, 1.82) is 5.26 Å². The van der Waals surface area contributed by atoms with Crippen LogP contribution in [0.1, 0.15) is 19.4 Å². The lowest BCUT2D eigenvalue weighted by Crippen LogP contribution is -2.28. The number of nitriles is 1. The van der Waals surface area contributed by atoms with Crippen LogP contribution in [0.4, 0.5) is 0 Å². The van der Waals surface area contributed by atoms with E-state index in [1.54, 1.807) is 18.3 Å². The van der Waals surface area contributed by atoms with Gasteiger partial charge in [-0.2, -0.15) is 5.26 Å². The van der Waals surface area contributed by atoms with Crippen LogP contribution in [0.2, 0.25) is 0 Å². The standard InChI is InChI=1S/C12H17N3O/c1-3-15(4-2)8-9-16-12-11(10-13)6-5-7-14-12/h5-7H,3-4,8-9H2,1-2H3. The van der Waals surface area contributed by atoms with Crippen molar-refractivity contribution in [3.8, 4) is 11.9 Å². The van der Waals surface area contributed by atoms with Gasteiger partial charge in [-0.3, -0.25) is 0 Å². The fraction of sp³-hybridized carbons (Fsp3) is 0.500. The molecular weight excluding hydrogens is 202 g/mol. The summed E-state index contributed by atoms with van der Waals surface area (Å²) in [5.74, 6) is 0.428. The van der Waals surface area contributed by atoms with Crippen LogP contribution in [-0.2, 0) is 0 Å². The average molecular weight is 219 g/mol. The van der Waals surface area contributed by atoms with Gasteiger partial charge in [-0.15, -0.1) is 0 Å². The quantitative estimate of drug-likeness (QED) is 0.730. The number of ether oxygens (including phenoxy) is 1. The van der Waals surface area contributed by atoms with Crippen LogP contribution in [0.5, 0.6) is 5.88 Å². The Labute approximate surface area is 96.5 Å². The molecule has 0 radical (unpaired) electrons. The molecule has 1 heterocycles. The summed E-state index contributed by atoms with van der Waals surface area (Å²) in [4.78, 5) is 6.29. The maximum atomic E-state index is 8.84. The van der Waals surface area contributed by atoms with Gasteiger partial charge in [-0.05, 0) is 25.2 Å². The Morgan fingerprint density at radius 3 is 2.81 bits per heavy atom. The molecule has 0 aliphatic carbocycles. The first kappa shape index (κ1) is 12.5. The summed E-state index contributed by atoms with van der Waals surface area (Å²) in [6, 6.07) is 5.50. The van der Waals surface area contributed by atoms with E-state index in [0.717, 1.165) is 19.6 Å². The maximum Gasteiger partial charge on any atom is 0.231 e. The van der Waals surface area contributed by atoms with Gasteiger partial charge in [0.1, 0.15) is 18.2 Å². The molecule has 4 nitrogen and oxygen atoms in total. The maximum absolute atomic E-state index is 8.84. The third kappa shape index (κ3) is 3.52. The number of likely N-dealkylation sites (N-methyl/N-ethyl adjacent to an activating group) is 1. The lowest BCUT2D eigenvalue weighted by molar-refractivity contribution is 0.217. The van der Waals surface area contributed by atoms with E-state index in [2.05, 4.69) is 29.8 Å². The molecule has 0 aliphatic rings. The summed E-state index contributed by atoms with van der Waals surface area (Å²) >= 11 is 0. The molecule has 0 saturated heterocycles. The van der Waals surface area contributed by atoms with E-state index < -0.39 is 0 Å². The Hall–Kier alpha value is -1.60. The van der Waals surface area contributed by atoms with Crippen molar-refractivity contribution in [2.45, 2.75) is 13.8 Å². The highest BCUT2D eigenvalue weighted by Gasteiger charge is 2.04. The van der Waals surface area contributed by atoms with E-state index in [0.29, 0.717) is 18.1 Å². The molecule has 1 rings (SSSR count). The Morgan fingerprint density at radius 1 is 1.44 bits per heavy atom. The summed E-state index contributed by atoms with van der Waals surface area (Å²) in [5.41, 5.74) is 0.488. The van der Waals surface area contributed by atoms with Crippen LogP contribution in [0.15, 0.2) is 18.3 Å². The van der Waals surface area contributed by atoms with Gasteiger partial charge < -0.3 is 9.64 Å². The molecule has 0 aliphatic heterocycles. The van der Waals surface area contributed by atoms with Crippen molar-refractivity contribution in [3.63, 3.8) is 0 Å². The van der Waals surface area contributed by atoms with Crippen LogP contribution in [0, 0.1) is 11.3 Å². The smallest absolute Gasteiger partial charge is 0.231 e. The Balaban J connectivity index is 2.46. The summed E-state index contributed by atoms with van der Waals surface area (Å²) in [6.07, 6.45) is 1.63. The van der Waals surface area contributed by atoms with Crippen molar-refractivity contribution in [1.82, 2.24) is 9.88 Å². The van der Waals surface area contributed by atoms with Crippen molar-refractivity contribution >= 4 is 0 Å². The zero-order chi connectivity index (χ0) is 11.8. The molecule has 0 unspecified atom stereocenters. The molecule has 0 saturated carbocycles. The topological polar surface area (TPSA) is 49.1 Å². The third-order valence-electron chi connectivity index (χ3n) is 2.43. The Morgan fingerprint density at radius 2 is 2.19 bits per heavy atom. The second kappa shape index (κ2) is 6.81. The normalized spacial score (nSPS) is 10.1. The molecule has 4 heteroatoms. The van der Waals surface area contributed by atoms with Gasteiger partial charge in [0.15, 0.2) is 0 Å². The third-order valence-corrected chi connectivity index (χ3v) is 2.43. The van der Waals surface area contributed by atoms with Crippen molar-refractivity contribution < 1.29 is 4.74 Å². The fourth-order valence-electron chi connectivity index (χ4n) is 1.40. The van der Waals surface area contributed by atoms with E-state index in [9.17, 15) is 0 Å². The molecule has 0 fully saturated rings. The summed E-state index contributed by atoms with van der Waals surface area (Å²) in [7, 11) is 0. The molecule has 16 heavy (non-hydrogen) atoms. The molecule has 1 aromatic rings.